The van der Waals surface area contributed by atoms with Crippen LogP contribution < -0.4 is 5.32 Å². The summed E-state index contributed by atoms with van der Waals surface area (Å²) in [5, 5.41) is 4.74. The Morgan fingerprint density at radius 1 is 1.14 bits per heavy atom. The zero-order chi connectivity index (χ0) is 14.4. The maximum absolute atomic E-state index is 13.5. The highest BCUT2D eigenvalue weighted by Gasteiger charge is 2.25. The van der Waals surface area contributed by atoms with Crippen LogP contribution in [0.1, 0.15) is 22.9 Å². The molecule has 1 aliphatic heterocycles. The number of rotatable bonds is 1. The van der Waals surface area contributed by atoms with E-state index in [0.29, 0.717) is 0 Å². The Morgan fingerprint density at radius 2 is 2.05 bits per heavy atom. The lowest BCUT2D eigenvalue weighted by molar-refractivity contribution is 0.553. The standard InChI is InChI=1S/C17H14BrFN2/c18-11-4-5-15-14(9-11)13-6-7-20-16(17(13)21-15)10-2-1-3-12(19)8-10/h1-5,8-9,16,20-21H,6-7H2. The topological polar surface area (TPSA) is 27.8 Å². The number of fused-ring (bicyclic) bond motifs is 3. The van der Waals surface area contributed by atoms with Gasteiger partial charge in [0, 0.05) is 27.6 Å². The molecule has 2 heterocycles. The van der Waals surface area contributed by atoms with Crippen LogP contribution in [0, 0.1) is 5.82 Å². The molecule has 0 saturated heterocycles. The van der Waals surface area contributed by atoms with Crippen molar-refractivity contribution in [2.45, 2.75) is 12.5 Å². The summed E-state index contributed by atoms with van der Waals surface area (Å²) in [6.07, 6.45) is 0.984. The SMILES string of the molecule is Fc1cccc(C2NCCc3c2[nH]c2ccc(Br)cc32)c1. The fourth-order valence-electron chi connectivity index (χ4n) is 3.17. The molecule has 1 aliphatic rings. The number of hydrogen-bond acceptors (Lipinski definition) is 1. The van der Waals surface area contributed by atoms with Crippen LogP contribution in [0.15, 0.2) is 46.9 Å². The van der Waals surface area contributed by atoms with Crippen molar-refractivity contribution in [2.75, 3.05) is 6.54 Å². The van der Waals surface area contributed by atoms with Crippen LogP contribution in [0.3, 0.4) is 0 Å². The minimum atomic E-state index is -0.194. The van der Waals surface area contributed by atoms with Gasteiger partial charge in [0.25, 0.3) is 0 Å². The number of benzene rings is 2. The molecule has 1 atom stereocenters. The minimum Gasteiger partial charge on any atom is -0.357 e. The van der Waals surface area contributed by atoms with Crippen molar-refractivity contribution < 1.29 is 4.39 Å². The van der Waals surface area contributed by atoms with E-state index >= 15 is 0 Å². The number of aromatic amines is 1. The second-order valence-electron chi connectivity index (χ2n) is 5.40. The monoisotopic (exact) mass is 344 g/mol. The molecule has 0 radical (unpaired) electrons. The van der Waals surface area contributed by atoms with E-state index in [9.17, 15) is 4.39 Å². The van der Waals surface area contributed by atoms with Crippen LogP contribution in [0.5, 0.6) is 0 Å². The summed E-state index contributed by atoms with van der Waals surface area (Å²) < 4.78 is 14.6. The van der Waals surface area contributed by atoms with E-state index in [1.807, 2.05) is 12.1 Å². The van der Waals surface area contributed by atoms with Crippen LogP contribution in [-0.4, -0.2) is 11.5 Å². The Balaban J connectivity index is 1.90. The zero-order valence-electron chi connectivity index (χ0n) is 11.3. The van der Waals surface area contributed by atoms with E-state index in [0.717, 1.165) is 34.2 Å². The highest BCUT2D eigenvalue weighted by Crippen LogP contribution is 2.34. The van der Waals surface area contributed by atoms with Gasteiger partial charge in [0.1, 0.15) is 5.82 Å². The van der Waals surface area contributed by atoms with Gasteiger partial charge < -0.3 is 10.3 Å². The van der Waals surface area contributed by atoms with Crippen molar-refractivity contribution in [1.29, 1.82) is 0 Å². The van der Waals surface area contributed by atoms with E-state index in [2.05, 4.69) is 38.4 Å². The highest BCUT2D eigenvalue weighted by atomic mass is 79.9. The van der Waals surface area contributed by atoms with E-state index in [4.69, 9.17) is 0 Å². The molecule has 106 valence electrons. The normalized spacial score (nSPS) is 17.9. The van der Waals surface area contributed by atoms with Crippen molar-refractivity contribution >= 4 is 26.8 Å². The van der Waals surface area contributed by atoms with Crippen LogP contribution in [0.4, 0.5) is 4.39 Å². The fraction of sp³-hybridized carbons (Fsp3) is 0.176. The van der Waals surface area contributed by atoms with Gasteiger partial charge in [0.2, 0.25) is 0 Å². The fourth-order valence-corrected chi connectivity index (χ4v) is 3.53. The van der Waals surface area contributed by atoms with Crippen LogP contribution in [0.2, 0.25) is 0 Å². The van der Waals surface area contributed by atoms with Crippen LogP contribution in [0.25, 0.3) is 10.9 Å². The van der Waals surface area contributed by atoms with Gasteiger partial charge in [-0.15, -0.1) is 0 Å². The predicted octanol–water partition coefficient (Wildman–Crippen LogP) is 4.30. The molecule has 4 heteroatoms. The molecule has 3 aromatic rings. The van der Waals surface area contributed by atoms with Crippen LogP contribution in [-0.2, 0) is 6.42 Å². The molecule has 0 bridgehead atoms. The third-order valence-electron chi connectivity index (χ3n) is 4.10. The van der Waals surface area contributed by atoms with E-state index < -0.39 is 0 Å². The van der Waals surface area contributed by atoms with Crippen LogP contribution >= 0.6 is 15.9 Å². The number of nitrogens with one attached hydrogen (secondary N) is 2. The zero-order valence-corrected chi connectivity index (χ0v) is 12.9. The van der Waals surface area contributed by atoms with Gasteiger partial charge in [-0.05, 0) is 47.9 Å². The molecule has 2 nitrogen and oxygen atoms in total. The third-order valence-corrected chi connectivity index (χ3v) is 4.59. The van der Waals surface area contributed by atoms with Crippen molar-refractivity contribution in [3.8, 4) is 0 Å². The Bertz CT molecular complexity index is 825. The lowest BCUT2D eigenvalue weighted by Gasteiger charge is -2.24. The van der Waals surface area contributed by atoms with E-state index in [1.165, 1.54) is 17.0 Å². The number of halogens is 2. The molecule has 0 amide bonds. The lowest BCUT2D eigenvalue weighted by Crippen LogP contribution is -2.30. The Morgan fingerprint density at radius 3 is 2.90 bits per heavy atom. The van der Waals surface area contributed by atoms with Gasteiger partial charge in [0.05, 0.1) is 6.04 Å². The Hall–Kier alpha value is -1.65. The first-order valence-corrected chi connectivity index (χ1v) is 7.80. The quantitative estimate of drug-likeness (QED) is 0.676. The number of aromatic nitrogens is 1. The summed E-state index contributed by atoms with van der Waals surface area (Å²) in [4.78, 5) is 3.51. The predicted molar refractivity (Wildman–Crippen MR) is 85.9 cm³/mol. The molecule has 1 aromatic heterocycles. The summed E-state index contributed by atoms with van der Waals surface area (Å²) in [7, 11) is 0. The maximum Gasteiger partial charge on any atom is 0.123 e. The Kier molecular flexibility index (Phi) is 3.08. The Labute approximate surface area is 130 Å². The molecule has 0 saturated carbocycles. The minimum absolute atomic E-state index is 0.0237. The summed E-state index contributed by atoms with van der Waals surface area (Å²) >= 11 is 3.54. The van der Waals surface area contributed by atoms with Gasteiger partial charge in [-0.25, -0.2) is 4.39 Å². The first kappa shape index (κ1) is 13.0. The summed E-state index contributed by atoms with van der Waals surface area (Å²) in [5.74, 6) is -0.194. The second kappa shape index (κ2) is 4.97. The van der Waals surface area contributed by atoms with Gasteiger partial charge in [0.15, 0.2) is 0 Å². The molecule has 4 rings (SSSR count). The average Bonchev–Trinajstić information content (AvgIpc) is 2.85. The molecule has 21 heavy (non-hydrogen) atoms. The van der Waals surface area contributed by atoms with E-state index in [-0.39, 0.29) is 11.9 Å². The summed E-state index contributed by atoms with van der Waals surface area (Å²) in [5.41, 5.74) is 4.58. The molecular weight excluding hydrogens is 331 g/mol. The molecule has 2 N–H and O–H groups in total. The lowest BCUT2D eigenvalue weighted by atomic mass is 9.94. The third kappa shape index (κ3) is 2.19. The molecule has 0 spiro atoms. The van der Waals surface area contributed by atoms with Crippen molar-refractivity contribution in [2.24, 2.45) is 0 Å². The van der Waals surface area contributed by atoms with Crippen molar-refractivity contribution in [3.05, 3.63) is 69.6 Å². The molecular formula is C17H14BrFN2. The molecule has 2 aromatic carbocycles. The van der Waals surface area contributed by atoms with E-state index in [1.54, 1.807) is 12.1 Å². The molecule has 0 fully saturated rings. The summed E-state index contributed by atoms with van der Waals surface area (Å²) in [6, 6.07) is 13.1. The highest BCUT2D eigenvalue weighted by molar-refractivity contribution is 9.10. The maximum atomic E-state index is 13.5. The van der Waals surface area contributed by atoms with Gasteiger partial charge in [-0.1, -0.05) is 28.1 Å². The van der Waals surface area contributed by atoms with Crippen molar-refractivity contribution in [1.82, 2.24) is 10.3 Å². The smallest absolute Gasteiger partial charge is 0.123 e. The molecule has 1 unspecified atom stereocenters. The second-order valence-corrected chi connectivity index (χ2v) is 6.31. The van der Waals surface area contributed by atoms with Gasteiger partial charge in [-0.3, -0.25) is 0 Å². The number of hydrogen-bond donors (Lipinski definition) is 2. The summed E-state index contributed by atoms with van der Waals surface area (Å²) in [6.45, 7) is 0.896. The first-order chi connectivity index (χ1) is 10.2. The molecule has 0 aliphatic carbocycles. The number of H-pyrrole nitrogens is 1. The largest absolute Gasteiger partial charge is 0.357 e. The van der Waals surface area contributed by atoms with Gasteiger partial charge in [-0.2, -0.15) is 0 Å². The van der Waals surface area contributed by atoms with Crippen molar-refractivity contribution in [3.63, 3.8) is 0 Å². The first-order valence-electron chi connectivity index (χ1n) is 7.01. The average molecular weight is 345 g/mol. The van der Waals surface area contributed by atoms with Gasteiger partial charge >= 0.3 is 0 Å².